The van der Waals surface area contributed by atoms with Crippen LogP contribution in [0.1, 0.15) is 33.6 Å². The Hall–Kier alpha value is -1.37. The standard InChI is InChI=1S/C11H17N2O2/c1-11(2,3)15-10(14)13(4)9-5-8(6-9)7-12/h8-9H,4-6H2,1-3H3/q+1. The van der Waals surface area contributed by atoms with Crippen LogP contribution in [0.2, 0.25) is 0 Å². The number of hydrogen-bond acceptors (Lipinski definition) is 3. The summed E-state index contributed by atoms with van der Waals surface area (Å²) in [7, 11) is 0. The fourth-order valence-corrected chi connectivity index (χ4v) is 1.42. The predicted octanol–water partition coefficient (Wildman–Crippen LogP) is 1.94. The maximum atomic E-state index is 11.5. The van der Waals surface area contributed by atoms with Gasteiger partial charge in [-0.05, 0) is 20.8 Å². The molecule has 1 fully saturated rings. The van der Waals surface area contributed by atoms with Crippen LogP contribution in [0.3, 0.4) is 0 Å². The van der Waals surface area contributed by atoms with Crippen molar-refractivity contribution in [1.29, 1.82) is 5.26 Å². The highest BCUT2D eigenvalue weighted by atomic mass is 16.6. The van der Waals surface area contributed by atoms with E-state index in [1.54, 1.807) is 0 Å². The first-order chi connectivity index (χ1) is 6.83. The Morgan fingerprint density at radius 2 is 2.07 bits per heavy atom. The van der Waals surface area contributed by atoms with E-state index in [2.05, 4.69) is 12.8 Å². The van der Waals surface area contributed by atoms with E-state index in [1.807, 2.05) is 20.8 Å². The van der Waals surface area contributed by atoms with Gasteiger partial charge >= 0.3 is 6.09 Å². The molecule has 1 saturated carbocycles. The number of ether oxygens (including phenoxy) is 1. The molecule has 4 nitrogen and oxygen atoms in total. The van der Waals surface area contributed by atoms with Gasteiger partial charge in [0.25, 0.3) is 0 Å². The third-order valence-electron chi connectivity index (χ3n) is 2.36. The van der Waals surface area contributed by atoms with Crippen LogP contribution in [0.5, 0.6) is 0 Å². The maximum absolute atomic E-state index is 11.5. The predicted molar refractivity (Wildman–Crippen MR) is 55.7 cm³/mol. The molecule has 0 aliphatic heterocycles. The van der Waals surface area contributed by atoms with Crippen molar-refractivity contribution in [2.24, 2.45) is 5.92 Å². The maximum Gasteiger partial charge on any atom is 0.596 e. The first-order valence-electron chi connectivity index (χ1n) is 5.06. The molecule has 82 valence electrons. The SMILES string of the molecule is C=[N+](C(=O)OC(C)(C)C)C1CC(C#N)C1. The average Bonchev–Trinajstić information content (AvgIpc) is 1.98. The number of carbonyl (C=O) groups is 1. The number of nitrogens with zero attached hydrogens (tertiary/aromatic N) is 2. The van der Waals surface area contributed by atoms with E-state index < -0.39 is 11.7 Å². The van der Waals surface area contributed by atoms with E-state index >= 15 is 0 Å². The van der Waals surface area contributed by atoms with E-state index in [0.29, 0.717) is 12.8 Å². The molecular weight excluding hydrogens is 192 g/mol. The molecule has 0 saturated heterocycles. The second-order valence-electron chi connectivity index (χ2n) is 4.90. The van der Waals surface area contributed by atoms with Crippen LogP contribution in [0.15, 0.2) is 0 Å². The molecule has 0 radical (unpaired) electrons. The van der Waals surface area contributed by atoms with Gasteiger partial charge in [0.15, 0.2) is 6.04 Å². The first kappa shape index (κ1) is 11.7. The third-order valence-corrected chi connectivity index (χ3v) is 2.36. The van der Waals surface area contributed by atoms with Crippen molar-refractivity contribution >= 4 is 12.8 Å². The van der Waals surface area contributed by atoms with Gasteiger partial charge in [0.05, 0.1) is 12.0 Å². The van der Waals surface area contributed by atoms with Crippen molar-refractivity contribution in [3.05, 3.63) is 0 Å². The van der Waals surface area contributed by atoms with Gasteiger partial charge in [0.2, 0.25) is 0 Å². The monoisotopic (exact) mass is 209 g/mol. The van der Waals surface area contributed by atoms with Crippen LogP contribution in [-0.2, 0) is 4.74 Å². The van der Waals surface area contributed by atoms with Gasteiger partial charge in [-0.15, -0.1) is 4.58 Å². The molecule has 15 heavy (non-hydrogen) atoms. The van der Waals surface area contributed by atoms with Crippen molar-refractivity contribution < 1.29 is 14.1 Å². The van der Waals surface area contributed by atoms with Crippen LogP contribution in [-0.4, -0.2) is 29.0 Å². The van der Waals surface area contributed by atoms with Crippen molar-refractivity contribution in [3.8, 4) is 6.07 Å². The largest absolute Gasteiger partial charge is 0.596 e. The summed E-state index contributed by atoms with van der Waals surface area (Å²) in [6.45, 7) is 9.11. The molecule has 1 aliphatic rings. The zero-order chi connectivity index (χ0) is 11.6. The number of hydrogen-bond donors (Lipinski definition) is 0. The molecule has 0 atom stereocenters. The van der Waals surface area contributed by atoms with Crippen LogP contribution in [0, 0.1) is 17.2 Å². The van der Waals surface area contributed by atoms with E-state index in [4.69, 9.17) is 10.00 Å². The number of carbonyl (C=O) groups excluding carboxylic acids is 1. The second kappa shape index (κ2) is 4.01. The summed E-state index contributed by atoms with van der Waals surface area (Å²) in [5.74, 6) is 0.0710. The molecule has 0 heterocycles. The first-order valence-corrected chi connectivity index (χ1v) is 5.06. The molecule has 0 bridgehead atoms. The molecule has 0 aromatic heterocycles. The van der Waals surface area contributed by atoms with Crippen molar-refractivity contribution in [3.63, 3.8) is 0 Å². The Kier molecular flexibility index (Phi) is 3.13. The second-order valence-corrected chi connectivity index (χ2v) is 4.90. The number of nitriles is 1. The smallest absolute Gasteiger partial charge is 0.406 e. The van der Waals surface area contributed by atoms with Crippen LogP contribution >= 0.6 is 0 Å². The molecule has 1 amide bonds. The average molecular weight is 209 g/mol. The molecule has 1 rings (SSSR count). The molecule has 0 unspecified atom stereocenters. The Bertz CT molecular complexity index is 316. The highest BCUT2D eigenvalue weighted by Gasteiger charge is 2.41. The molecule has 0 aromatic carbocycles. The molecule has 0 aromatic rings. The van der Waals surface area contributed by atoms with Crippen LogP contribution in [0.4, 0.5) is 4.79 Å². The summed E-state index contributed by atoms with van der Waals surface area (Å²) >= 11 is 0. The molecule has 1 aliphatic carbocycles. The van der Waals surface area contributed by atoms with E-state index in [9.17, 15) is 4.79 Å². The lowest BCUT2D eigenvalue weighted by Crippen LogP contribution is -2.42. The van der Waals surface area contributed by atoms with Gasteiger partial charge in [-0.25, -0.2) is 0 Å². The van der Waals surface area contributed by atoms with Crippen molar-refractivity contribution in [2.45, 2.75) is 45.3 Å². The van der Waals surface area contributed by atoms with E-state index in [0.717, 1.165) is 0 Å². The fourth-order valence-electron chi connectivity index (χ4n) is 1.42. The summed E-state index contributed by atoms with van der Waals surface area (Å²) in [5.41, 5.74) is -0.495. The van der Waals surface area contributed by atoms with E-state index in [1.165, 1.54) is 4.58 Å². The van der Waals surface area contributed by atoms with Crippen LogP contribution < -0.4 is 0 Å². The lowest BCUT2D eigenvalue weighted by Gasteiger charge is -2.26. The zero-order valence-electron chi connectivity index (χ0n) is 9.49. The fraction of sp³-hybridized carbons (Fsp3) is 0.727. The van der Waals surface area contributed by atoms with Gasteiger partial charge in [-0.2, -0.15) is 10.1 Å². The Morgan fingerprint density at radius 1 is 1.53 bits per heavy atom. The number of rotatable bonds is 1. The minimum atomic E-state index is -0.495. The minimum Gasteiger partial charge on any atom is -0.406 e. The summed E-state index contributed by atoms with van der Waals surface area (Å²) in [6.07, 6.45) is 1.00. The highest BCUT2D eigenvalue weighted by molar-refractivity contribution is 5.61. The minimum absolute atomic E-state index is 0.0597. The van der Waals surface area contributed by atoms with Crippen molar-refractivity contribution in [2.75, 3.05) is 0 Å². The molecule has 0 N–H and O–H groups in total. The van der Waals surface area contributed by atoms with Crippen molar-refractivity contribution in [1.82, 2.24) is 0 Å². The molecule has 0 spiro atoms. The summed E-state index contributed by atoms with van der Waals surface area (Å²) in [6, 6.07) is 2.23. The Morgan fingerprint density at radius 3 is 2.47 bits per heavy atom. The quantitative estimate of drug-likeness (QED) is 0.490. The highest BCUT2D eigenvalue weighted by Crippen LogP contribution is 2.29. The van der Waals surface area contributed by atoms with Gasteiger partial charge in [0.1, 0.15) is 12.3 Å². The van der Waals surface area contributed by atoms with Gasteiger partial charge in [0, 0.05) is 12.8 Å². The summed E-state index contributed by atoms with van der Waals surface area (Å²) < 4.78 is 6.51. The Balaban J connectivity index is 2.43. The third kappa shape index (κ3) is 3.05. The Labute approximate surface area is 90.2 Å². The van der Waals surface area contributed by atoms with Crippen LogP contribution in [0.25, 0.3) is 0 Å². The summed E-state index contributed by atoms with van der Waals surface area (Å²) in [5, 5.41) is 8.61. The topological polar surface area (TPSA) is 53.1 Å². The lowest BCUT2D eigenvalue weighted by atomic mass is 9.81. The molecule has 4 heteroatoms. The van der Waals surface area contributed by atoms with Gasteiger partial charge in [-0.3, -0.25) is 0 Å². The number of amides is 1. The molecular formula is C11H17N2O2+. The normalized spacial score (nSPS) is 24.9. The van der Waals surface area contributed by atoms with E-state index in [-0.39, 0.29) is 12.0 Å². The van der Waals surface area contributed by atoms with Gasteiger partial charge in [-0.1, -0.05) is 0 Å². The zero-order valence-corrected chi connectivity index (χ0v) is 9.49. The van der Waals surface area contributed by atoms with Gasteiger partial charge < -0.3 is 4.74 Å². The summed E-state index contributed by atoms with van der Waals surface area (Å²) in [4.78, 5) is 11.5. The lowest BCUT2D eigenvalue weighted by molar-refractivity contribution is -0.501.